The third-order valence-corrected chi connectivity index (χ3v) is 14.6. The van der Waals surface area contributed by atoms with E-state index >= 15 is 0 Å². The molecule has 70 heavy (non-hydrogen) atoms. The summed E-state index contributed by atoms with van der Waals surface area (Å²) in [5, 5.41) is 8.30. The van der Waals surface area contributed by atoms with Crippen LogP contribution in [0.3, 0.4) is 0 Å². The van der Waals surface area contributed by atoms with Crippen LogP contribution in [0.15, 0.2) is 0 Å². The molecule has 0 spiro atoms. The molecule has 4 fully saturated rings. The van der Waals surface area contributed by atoms with Crippen LogP contribution in [-0.2, 0) is 38.4 Å². The van der Waals surface area contributed by atoms with Crippen molar-refractivity contribution in [3.63, 3.8) is 0 Å². The molecule has 2 heterocycles. The third-order valence-electron chi connectivity index (χ3n) is 12.8. The van der Waals surface area contributed by atoms with Crippen molar-refractivity contribution in [2.45, 2.75) is 214 Å². The Labute approximate surface area is 442 Å². The van der Waals surface area contributed by atoms with Crippen molar-refractivity contribution in [3.8, 4) is 0 Å². The molecule has 4 atom stereocenters. The molecule has 2 saturated heterocycles. The van der Waals surface area contributed by atoms with E-state index in [4.69, 9.17) is 11.5 Å². The lowest BCUT2D eigenvalue weighted by Gasteiger charge is -2.24. The van der Waals surface area contributed by atoms with Gasteiger partial charge >= 0.3 is 0 Å². The summed E-state index contributed by atoms with van der Waals surface area (Å²) in [4.78, 5) is 93.5. The average Bonchev–Trinajstić information content (AvgIpc) is 3.90. The second-order valence-electron chi connectivity index (χ2n) is 18.6. The minimum absolute atomic E-state index is 0. The molecule has 2 aliphatic carbocycles. The normalized spacial score (nSPS) is 19.4. The van der Waals surface area contributed by atoms with Crippen LogP contribution in [0.2, 0.25) is 0 Å². The highest BCUT2D eigenvalue weighted by Gasteiger charge is 2.36. The van der Waals surface area contributed by atoms with Gasteiger partial charge < -0.3 is 37.2 Å². The predicted octanol–water partition coefficient (Wildman–Crippen LogP) is 8.42. The van der Waals surface area contributed by atoms with Gasteiger partial charge in [0.15, 0.2) is 0 Å². The van der Waals surface area contributed by atoms with Crippen LogP contribution in [0.5, 0.6) is 0 Å². The molecule has 408 valence electrons. The minimum atomic E-state index is -0.543. The van der Waals surface area contributed by atoms with E-state index < -0.39 is 23.9 Å². The van der Waals surface area contributed by atoms with Crippen LogP contribution in [-0.4, -0.2) is 125 Å². The number of halogens is 1. The standard InChI is InChI=1S/C15H26N4O4S.C12H20BrN3O3.2C10H20.C4H8OS.CH4/c1-3-11(15(16)23)19-7-10(6-14(19)22)4-5-18-13(21)9-24-8-12(20)17-2;1-2-9(12(14)19)16-7-8(5-11(16)18)3-4-15-10(17)6-13;2*1-2-4-6-8-10-9-7-5-3-1;1-2-4(5)3-6;/h10-11H,3-9H2,1-2H3,(H2,16,23)(H,17,20)(H,18,21);8-9H,2-7H2,1H3,(H2,14,19)(H,15,17);2*1-10H2;6H,2-3H2,1H3;1H4/t10?,11-;8?,9-;;;;/m11..../s1. The number of carbonyl (C=O) groups is 8. The lowest BCUT2D eigenvalue weighted by molar-refractivity contribution is -0.136. The van der Waals surface area contributed by atoms with Crippen LogP contribution in [0, 0.1) is 11.8 Å². The number of amides is 7. The zero-order valence-electron chi connectivity index (χ0n) is 43.1. The maximum Gasteiger partial charge on any atom is 0.240 e. The molecular weight excluding hydrogens is 995 g/mol. The third kappa shape index (κ3) is 35.3. The van der Waals surface area contributed by atoms with Crippen LogP contribution in [0.25, 0.3) is 0 Å². The van der Waals surface area contributed by atoms with Gasteiger partial charge in [-0.25, -0.2) is 0 Å². The lowest BCUT2D eigenvalue weighted by atomic mass is 10.0. The summed E-state index contributed by atoms with van der Waals surface area (Å²) in [5.41, 5.74) is 10.6. The molecule has 4 rings (SSSR count). The van der Waals surface area contributed by atoms with Gasteiger partial charge in [-0.05, 0) is 37.5 Å². The minimum Gasteiger partial charge on any atom is -0.368 e. The highest BCUT2D eigenvalue weighted by atomic mass is 79.9. The molecule has 2 unspecified atom stereocenters. The number of nitrogens with two attached hydrogens (primary N) is 2. The monoisotopic (exact) mass is 1090 g/mol. The Bertz CT molecular complexity index is 1370. The Morgan fingerprint density at radius 3 is 1.16 bits per heavy atom. The molecule has 0 bridgehead atoms. The summed E-state index contributed by atoms with van der Waals surface area (Å²) in [6, 6.07) is -1.05. The molecule has 0 aromatic rings. The number of thiol groups is 1. The van der Waals surface area contributed by atoms with Crippen molar-refractivity contribution in [2.75, 3.05) is 55.8 Å². The van der Waals surface area contributed by atoms with E-state index in [1.807, 2.05) is 20.8 Å². The summed E-state index contributed by atoms with van der Waals surface area (Å²) in [6.07, 6.45) is 33.9. The van der Waals surface area contributed by atoms with E-state index in [1.54, 1.807) is 16.8 Å². The Morgan fingerprint density at radius 2 is 0.914 bits per heavy atom. The summed E-state index contributed by atoms with van der Waals surface area (Å²) < 4.78 is 0. The van der Waals surface area contributed by atoms with Gasteiger partial charge in [0.25, 0.3) is 0 Å². The smallest absolute Gasteiger partial charge is 0.240 e. The fourth-order valence-electron chi connectivity index (χ4n) is 8.64. The number of ketones is 1. The fraction of sp³-hybridized carbons (Fsp3) is 0.846. The van der Waals surface area contributed by atoms with Crippen molar-refractivity contribution in [1.82, 2.24) is 25.8 Å². The van der Waals surface area contributed by atoms with E-state index in [0.29, 0.717) is 70.5 Å². The molecule has 4 aliphatic rings. The average molecular weight is 1090 g/mol. The van der Waals surface area contributed by atoms with Crippen LogP contribution < -0.4 is 27.4 Å². The van der Waals surface area contributed by atoms with Gasteiger partial charge in [-0.2, -0.15) is 12.6 Å². The molecule has 2 saturated carbocycles. The molecule has 0 radical (unpaired) electrons. The number of carbonyl (C=O) groups excluding carboxylic acids is 8. The molecular formula is C52H98BrN7O8S2. The number of hydrogen-bond donors (Lipinski definition) is 6. The Hall–Kier alpha value is -2.86. The van der Waals surface area contributed by atoms with Gasteiger partial charge in [-0.15, -0.1) is 11.8 Å². The van der Waals surface area contributed by atoms with Gasteiger partial charge in [-0.1, -0.05) is 173 Å². The Kier molecular flexibility index (Phi) is 45.4. The first-order valence-electron chi connectivity index (χ1n) is 26.4. The quantitative estimate of drug-likeness (QED) is 0.0538. The first-order chi connectivity index (χ1) is 33.2. The lowest BCUT2D eigenvalue weighted by Crippen LogP contribution is -2.45. The van der Waals surface area contributed by atoms with Gasteiger partial charge in [-0.3, -0.25) is 38.4 Å². The molecule has 2 aliphatic heterocycles. The highest BCUT2D eigenvalue weighted by Crippen LogP contribution is 2.25. The number of nitrogens with zero attached hydrogens (tertiary/aromatic N) is 2. The number of likely N-dealkylation sites (tertiary alicyclic amines) is 2. The van der Waals surface area contributed by atoms with Gasteiger partial charge in [0.1, 0.15) is 17.9 Å². The zero-order chi connectivity index (χ0) is 51.7. The molecule has 0 aromatic carbocycles. The topological polar surface area (TPSA) is 231 Å². The first kappa shape index (κ1) is 69.2. The summed E-state index contributed by atoms with van der Waals surface area (Å²) in [7, 11) is 1.55. The van der Waals surface area contributed by atoms with E-state index in [1.165, 1.54) is 140 Å². The number of nitrogens with one attached hydrogen (secondary N) is 3. The molecule has 7 N–H and O–H groups in total. The van der Waals surface area contributed by atoms with Crippen molar-refractivity contribution in [3.05, 3.63) is 0 Å². The maximum absolute atomic E-state index is 12.0. The number of rotatable bonds is 19. The van der Waals surface area contributed by atoms with Crippen molar-refractivity contribution in [2.24, 2.45) is 23.3 Å². The molecule has 18 heteroatoms. The molecule has 7 amide bonds. The van der Waals surface area contributed by atoms with Crippen molar-refractivity contribution in [1.29, 1.82) is 0 Å². The number of thioether (sulfide) groups is 1. The van der Waals surface area contributed by atoms with E-state index in [0.717, 1.165) is 6.42 Å². The Balaban J connectivity index is 0. The van der Waals surface area contributed by atoms with E-state index in [2.05, 4.69) is 44.5 Å². The maximum atomic E-state index is 12.0. The number of primary amides is 2. The molecule has 0 aromatic heterocycles. The van der Waals surface area contributed by atoms with Crippen LogP contribution in [0.1, 0.15) is 202 Å². The summed E-state index contributed by atoms with van der Waals surface area (Å²) in [5.74, 6) is 0.0358. The molecule has 15 nitrogen and oxygen atoms in total. The number of Topliss-reactive ketones (excluding diaryl/α,β-unsaturated/α-hetero) is 1. The SMILES string of the molecule is C.C1CCCCCCCCC1.C1CCCCCCCCC1.CCC(=O)CS.CC[C@H](C(N)=O)N1CC(CCNC(=O)CBr)CC1=O.CC[C@H](C(N)=O)N1CC(CCNC(=O)CSCC(=O)NC)CC1=O. The second-order valence-corrected chi connectivity index (χ2v) is 20.4. The van der Waals surface area contributed by atoms with Crippen molar-refractivity contribution < 1.29 is 38.4 Å². The van der Waals surface area contributed by atoms with Crippen LogP contribution >= 0.6 is 40.3 Å². The first-order valence-corrected chi connectivity index (χ1v) is 29.3. The fourth-order valence-corrected chi connectivity index (χ4v) is 9.78. The highest BCUT2D eigenvalue weighted by molar-refractivity contribution is 9.09. The largest absolute Gasteiger partial charge is 0.368 e. The van der Waals surface area contributed by atoms with Gasteiger partial charge in [0.2, 0.25) is 41.4 Å². The number of hydrogen-bond acceptors (Lipinski definition) is 10. The van der Waals surface area contributed by atoms with Crippen LogP contribution in [0.4, 0.5) is 0 Å². The predicted molar refractivity (Wildman–Crippen MR) is 295 cm³/mol. The Morgan fingerprint density at radius 1 is 0.600 bits per heavy atom. The summed E-state index contributed by atoms with van der Waals surface area (Å²) >= 11 is 8.06. The van der Waals surface area contributed by atoms with Gasteiger partial charge in [0.05, 0.1) is 16.8 Å². The van der Waals surface area contributed by atoms with E-state index in [-0.39, 0.29) is 71.4 Å². The van der Waals surface area contributed by atoms with E-state index in [9.17, 15) is 38.4 Å². The number of alkyl halides is 1. The second kappa shape index (κ2) is 46.0. The van der Waals surface area contributed by atoms with Gasteiger partial charge in [0, 0.05) is 58.2 Å². The zero-order valence-corrected chi connectivity index (χ0v) is 46.4. The van der Waals surface area contributed by atoms with Crippen molar-refractivity contribution >= 4 is 87.5 Å². The summed E-state index contributed by atoms with van der Waals surface area (Å²) in [6.45, 7) is 7.56.